The summed E-state index contributed by atoms with van der Waals surface area (Å²) in [5.74, 6) is -0.610. The van der Waals surface area contributed by atoms with Gasteiger partial charge in [0.05, 0.1) is 18.6 Å². The normalized spacial score (nSPS) is 17.9. The largest absolute Gasteiger partial charge is 0.388 e. The van der Waals surface area contributed by atoms with E-state index in [0.29, 0.717) is 18.6 Å². The molecule has 1 aromatic rings. The molecule has 0 spiro atoms. The molecule has 0 saturated carbocycles. The van der Waals surface area contributed by atoms with Crippen LogP contribution in [0.25, 0.3) is 0 Å². The fraction of sp³-hybridized carbons (Fsp3) is 0.467. The molecular weight excluding hydrogens is 258 g/mol. The summed E-state index contributed by atoms with van der Waals surface area (Å²) < 4.78 is 4.93. The number of methoxy groups -OCH3 is 1. The number of ether oxygens (including phenoxy) is 1. The maximum Gasteiger partial charge on any atom is 0.260 e. The minimum atomic E-state index is -1.15. The number of hydrogen-bond acceptors (Lipinski definition) is 4. The first-order chi connectivity index (χ1) is 9.44. The van der Waals surface area contributed by atoms with Gasteiger partial charge in [-0.2, -0.15) is 0 Å². The molecule has 0 saturated heterocycles. The summed E-state index contributed by atoms with van der Waals surface area (Å²) in [5, 5.41) is 10.3. The topological polar surface area (TPSA) is 66.8 Å². The van der Waals surface area contributed by atoms with Crippen LogP contribution in [0.4, 0.5) is 0 Å². The van der Waals surface area contributed by atoms with Crippen LogP contribution in [0.1, 0.15) is 29.3 Å². The summed E-state index contributed by atoms with van der Waals surface area (Å²) in [7, 11) is 1.55. The molecule has 1 heterocycles. The Bertz CT molecular complexity index is 524. The number of β-amino-alcohol motifs (C(OH)–C–C–N with tert-alkyl or cyclic N) is 1. The van der Waals surface area contributed by atoms with Crippen LogP contribution in [0.2, 0.25) is 0 Å². The number of carbonyl (C=O) groups is 2. The van der Waals surface area contributed by atoms with Gasteiger partial charge in [-0.15, -0.1) is 0 Å². The lowest BCUT2D eigenvalue weighted by Gasteiger charge is -2.33. The first-order valence-corrected chi connectivity index (χ1v) is 6.58. The predicted octanol–water partition coefficient (Wildman–Crippen LogP) is 0.999. The quantitative estimate of drug-likeness (QED) is 0.815. The standard InChI is InChI=1S/C15H19NO4/c1-15(19,7-8-20-2)10-16-13(17)9-11-5-3-4-6-12(11)14(16)18/h3-6,19H,7-10H2,1-2H3. The highest BCUT2D eigenvalue weighted by atomic mass is 16.5. The number of aliphatic hydroxyl groups is 1. The van der Waals surface area contributed by atoms with E-state index in [1.807, 2.05) is 6.07 Å². The van der Waals surface area contributed by atoms with E-state index in [-0.39, 0.29) is 24.8 Å². The van der Waals surface area contributed by atoms with Gasteiger partial charge >= 0.3 is 0 Å². The van der Waals surface area contributed by atoms with Crippen LogP contribution in [0.5, 0.6) is 0 Å². The molecule has 1 unspecified atom stereocenters. The van der Waals surface area contributed by atoms with Gasteiger partial charge in [-0.3, -0.25) is 14.5 Å². The van der Waals surface area contributed by atoms with Crippen molar-refractivity contribution in [2.24, 2.45) is 0 Å². The van der Waals surface area contributed by atoms with Gasteiger partial charge in [0.15, 0.2) is 0 Å². The molecule has 5 nitrogen and oxygen atoms in total. The Morgan fingerprint density at radius 2 is 2.05 bits per heavy atom. The Morgan fingerprint density at radius 3 is 2.75 bits per heavy atom. The van der Waals surface area contributed by atoms with E-state index < -0.39 is 5.60 Å². The lowest BCUT2D eigenvalue weighted by Crippen LogP contribution is -2.50. The molecule has 0 radical (unpaired) electrons. The van der Waals surface area contributed by atoms with E-state index in [1.54, 1.807) is 32.2 Å². The zero-order chi connectivity index (χ0) is 14.8. The van der Waals surface area contributed by atoms with Crippen LogP contribution in [-0.2, 0) is 16.0 Å². The van der Waals surface area contributed by atoms with Crippen LogP contribution in [0, 0.1) is 0 Å². The number of hydrogen-bond donors (Lipinski definition) is 1. The second kappa shape index (κ2) is 5.73. The van der Waals surface area contributed by atoms with Crippen molar-refractivity contribution in [1.82, 2.24) is 4.90 Å². The fourth-order valence-corrected chi connectivity index (χ4v) is 2.30. The Balaban J connectivity index is 2.17. The second-order valence-electron chi connectivity index (χ2n) is 5.36. The average molecular weight is 277 g/mol. The molecule has 1 aliphatic heterocycles. The lowest BCUT2D eigenvalue weighted by atomic mass is 9.95. The van der Waals surface area contributed by atoms with E-state index >= 15 is 0 Å². The first kappa shape index (κ1) is 14.7. The average Bonchev–Trinajstić information content (AvgIpc) is 2.41. The number of nitrogens with zero attached hydrogens (tertiary/aromatic N) is 1. The molecule has 2 amide bonds. The number of fused-ring (bicyclic) bond motifs is 1. The molecule has 1 atom stereocenters. The predicted molar refractivity (Wildman–Crippen MR) is 73.3 cm³/mol. The van der Waals surface area contributed by atoms with Gasteiger partial charge in [-0.1, -0.05) is 18.2 Å². The first-order valence-electron chi connectivity index (χ1n) is 6.58. The van der Waals surface area contributed by atoms with E-state index in [0.717, 1.165) is 10.5 Å². The molecule has 20 heavy (non-hydrogen) atoms. The van der Waals surface area contributed by atoms with Crippen molar-refractivity contribution in [3.8, 4) is 0 Å². The molecule has 5 heteroatoms. The Labute approximate surface area is 118 Å². The Hall–Kier alpha value is -1.72. The number of rotatable bonds is 5. The zero-order valence-corrected chi connectivity index (χ0v) is 11.8. The molecule has 2 rings (SSSR count). The van der Waals surface area contributed by atoms with Crippen LogP contribution >= 0.6 is 0 Å². The zero-order valence-electron chi connectivity index (χ0n) is 11.8. The molecule has 0 fully saturated rings. The van der Waals surface area contributed by atoms with E-state index in [9.17, 15) is 14.7 Å². The monoisotopic (exact) mass is 277 g/mol. The van der Waals surface area contributed by atoms with Crippen molar-refractivity contribution in [2.45, 2.75) is 25.4 Å². The smallest absolute Gasteiger partial charge is 0.260 e. The number of amides is 2. The third-order valence-electron chi connectivity index (χ3n) is 3.48. The highest BCUT2D eigenvalue weighted by Gasteiger charge is 2.35. The van der Waals surface area contributed by atoms with Crippen LogP contribution in [0.3, 0.4) is 0 Å². The second-order valence-corrected chi connectivity index (χ2v) is 5.36. The van der Waals surface area contributed by atoms with Crippen molar-refractivity contribution in [1.29, 1.82) is 0 Å². The summed E-state index contributed by atoms with van der Waals surface area (Å²) >= 11 is 0. The summed E-state index contributed by atoms with van der Waals surface area (Å²) in [4.78, 5) is 25.6. The third-order valence-corrected chi connectivity index (χ3v) is 3.48. The van der Waals surface area contributed by atoms with Gasteiger partial charge in [-0.05, 0) is 18.6 Å². The van der Waals surface area contributed by atoms with E-state index in [2.05, 4.69) is 0 Å². The lowest BCUT2D eigenvalue weighted by molar-refractivity contribution is -0.131. The minimum absolute atomic E-state index is 0.0115. The third kappa shape index (κ3) is 3.05. The van der Waals surface area contributed by atoms with Crippen LogP contribution < -0.4 is 0 Å². The molecule has 0 aliphatic carbocycles. The molecule has 108 valence electrons. The molecule has 0 aromatic heterocycles. The molecule has 1 aromatic carbocycles. The maximum absolute atomic E-state index is 12.3. The van der Waals surface area contributed by atoms with E-state index in [4.69, 9.17) is 4.74 Å². The van der Waals surface area contributed by atoms with Crippen molar-refractivity contribution in [3.63, 3.8) is 0 Å². The fourth-order valence-electron chi connectivity index (χ4n) is 2.30. The molecular formula is C15H19NO4. The molecule has 0 bridgehead atoms. The van der Waals surface area contributed by atoms with Gasteiger partial charge in [0.1, 0.15) is 0 Å². The summed E-state index contributed by atoms with van der Waals surface area (Å²) in [6.45, 7) is 1.97. The van der Waals surface area contributed by atoms with Gasteiger partial charge in [-0.25, -0.2) is 0 Å². The summed E-state index contributed by atoms with van der Waals surface area (Å²) in [6, 6.07) is 7.07. The van der Waals surface area contributed by atoms with E-state index in [1.165, 1.54) is 0 Å². The SMILES string of the molecule is COCCC(C)(O)CN1C(=O)Cc2ccccc2C1=O. The highest BCUT2D eigenvalue weighted by Crippen LogP contribution is 2.22. The van der Waals surface area contributed by atoms with Crippen molar-refractivity contribution in [2.75, 3.05) is 20.3 Å². The van der Waals surface area contributed by atoms with Crippen LogP contribution in [0.15, 0.2) is 24.3 Å². The van der Waals surface area contributed by atoms with Gasteiger partial charge in [0, 0.05) is 25.7 Å². The summed E-state index contributed by atoms with van der Waals surface area (Å²) in [6.07, 6.45) is 0.560. The Kier molecular flexibility index (Phi) is 4.20. The molecule has 1 N–H and O–H groups in total. The van der Waals surface area contributed by atoms with Crippen molar-refractivity contribution < 1.29 is 19.4 Å². The van der Waals surface area contributed by atoms with Gasteiger partial charge in [0.25, 0.3) is 5.91 Å². The van der Waals surface area contributed by atoms with Crippen molar-refractivity contribution in [3.05, 3.63) is 35.4 Å². The number of imide groups is 1. The maximum atomic E-state index is 12.3. The van der Waals surface area contributed by atoms with Crippen molar-refractivity contribution >= 4 is 11.8 Å². The number of benzene rings is 1. The molecule has 1 aliphatic rings. The number of carbonyl (C=O) groups excluding carboxylic acids is 2. The van der Waals surface area contributed by atoms with Gasteiger partial charge < -0.3 is 9.84 Å². The summed E-state index contributed by atoms with van der Waals surface area (Å²) in [5.41, 5.74) is 0.137. The Morgan fingerprint density at radius 1 is 1.35 bits per heavy atom. The van der Waals surface area contributed by atoms with Crippen LogP contribution in [-0.4, -0.2) is 47.7 Å². The highest BCUT2D eigenvalue weighted by molar-refractivity contribution is 6.09. The van der Waals surface area contributed by atoms with Gasteiger partial charge in [0.2, 0.25) is 5.91 Å². The minimum Gasteiger partial charge on any atom is -0.388 e.